The number of benzene rings is 1. The fraction of sp³-hybridized carbons (Fsp3) is 0.462. The smallest absolute Gasteiger partial charge is 0.255 e. The minimum absolute atomic E-state index is 0.120. The lowest BCUT2D eigenvalue weighted by Crippen LogP contribution is -2.32. The van der Waals surface area contributed by atoms with E-state index >= 15 is 0 Å². The molecule has 0 saturated carbocycles. The molecule has 0 radical (unpaired) electrons. The van der Waals surface area contributed by atoms with E-state index in [1.54, 1.807) is 12.1 Å². The van der Waals surface area contributed by atoms with Gasteiger partial charge in [0.15, 0.2) is 0 Å². The SMILES string of the molecule is COc1cc(I)c(Cl)cc1C(=O)NC[C@H]1CCCO1. The maximum absolute atomic E-state index is 12.1. The molecule has 0 aliphatic carbocycles. The summed E-state index contributed by atoms with van der Waals surface area (Å²) >= 11 is 8.15. The van der Waals surface area contributed by atoms with Crippen molar-refractivity contribution in [3.63, 3.8) is 0 Å². The largest absolute Gasteiger partial charge is 0.496 e. The molecule has 0 spiro atoms. The first kappa shape index (κ1) is 14.9. The summed E-state index contributed by atoms with van der Waals surface area (Å²) in [6, 6.07) is 3.39. The highest BCUT2D eigenvalue weighted by Gasteiger charge is 2.19. The Balaban J connectivity index is 2.07. The molecule has 2 rings (SSSR count). The van der Waals surface area contributed by atoms with Gasteiger partial charge in [-0.25, -0.2) is 0 Å². The van der Waals surface area contributed by atoms with Gasteiger partial charge in [0.05, 0.1) is 23.8 Å². The van der Waals surface area contributed by atoms with Crippen LogP contribution < -0.4 is 10.1 Å². The number of carbonyl (C=O) groups is 1. The van der Waals surface area contributed by atoms with Gasteiger partial charge < -0.3 is 14.8 Å². The Hall–Kier alpha value is -0.530. The summed E-state index contributed by atoms with van der Waals surface area (Å²) in [7, 11) is 1.54. The average molecular weight is 396 g/mol. The Labute approximate surface area is 130 Å². The van der Waals surface area contributed by atoms with Crippen molar-refractivity contribution >= 4 is 40.1 Å². The van der Waals surface area contributed by atoms with E-state index in [0.717, 1.165) is 23.0 Å². The highest BCUT2D eigenvalue weighted by Crippen LogP contribution is 2.28. The maximum atomic E-state index is 12.1. The van der Waals surface area contributed by atoms with Crippen molar-refractivity contribution in [1.29, 1.82) is 0 Å². The monoisotopic (exact) mass is 395 g/mol. The van der Waals surface area contributed by atoms with Gasteiger partial charge in [-0.3, -0.25) is 4.79 Å². The Bertz CT molecular complexity index is 475. The second kappa shape index (κ2) is 6.76. The summed E-state index contributed by atoms with van der Waals surface area (Å²) in [5.41, 5.74) is 0.450. The Morgan fingerprint density at radius 2 is 2.42 bits per heavy atom. The van der Waals surface area contributed by atoms with E-state index in [9.17, 15) is 4.79 Å². The third-order valence-corrected chi connectivity index (χ3v) is 4.53. The zero-order chi connectivity index (χ0) is 13.8. The number of ether oxygens (including phenoxy) is 2. The maximum Gasteiger partial charge on any atom is 0.255 e. The molecule has 1 aromatic carbocycles. The van der Waals surface area contributed by atoms with Crippen LogP contribution in [0.2, 0.25) is 5.02 Å². The number of rotatable bonds is 4. The number of hydrogen-bond donors (Lipinski definition) is 1. The van der Waals surface area contributed by atoms with Gasteiger partial charge >= 0.3 is 0 Å². The zero-order valence-electron chi connectivity index (χ0n) is 10.5. The van der Waals surface area contributed by atoms with Crippen molar-refractivity contribution in [2.45, 2.75) is 18.9 Å². The van der Waals surface area contributed by atoms with E-state index in [2.05, 4.69) is 27.9 Å². The van der Waals surface area contributed by atoms with Gasteiger partial charge in [-0.1, -0.05) is 11.6 Å². The quantitative estimate of drug-likeness (QED) is 0.798. The third kappa shape index (κ3) is 3.73. The number of amides is 1. The van der Waals surface area contributed by atoms with Crippen LogP contribution in [0, 0.1) is 3.57 Å². The predicted molar refractivity (Wildman–Crippen MR) is 82.0 cm³/mol. The summed E-state index contributed by atoms with van der Waals surface area (Å²) in [6.07, 6.45) is 2.17. The molecule has 1 saturated heterocycles. The molecule has 1 heterocycles. The van der Waals surface area contributed by atoms with Crippen LogP contribution in [0.5, 0.6) is 5.75 Å². The highest BCUT2D eigenvalue weighted by molar-refractivity contribution is 14.1. The second-order valence-electron chi connectivity index (χ2n) is 4.31. The second-order valence-corrected chi connectivity index (χ2v) is 5.88. The van der Waals surface area contributed by atoms with Crippen molar-refractivity contribution in [3.8, 4) is 5.75 Å². The van der Waals surface area contributed by atoms with E-state index in [1.165, 1.54) is 7.11 Å². The summed E-state index contributed by atoms with van der Waals surface area (Å²) in [4.78, 5) is 12.1. The van der Waals surface area contributed by atoms with Crippen molar-refractivity contribution < 1.29 is 14.3 Å². The normalized spacial score (nSPS) is 18.4. The molecule has 0 aromatic heterocycles. The lowest BCUT2D eigenvalue weighted by Gasteiger charge is -2.13. The third-order valence-electron chi connectivity index (χ3n) is 3.00. The molecule has 1 amide bonds. The Morgan fingerprint density at radius 1 is 1.63 bits per heavy atom. The summed E-state index contributed by atoms with van der Waals surface area (Å²) in [5.74, 6) is 0.337. The van der Waals surface area contributed by atoms with Gasteiger partial charge in [-0.15, -0.1) is 0 Å². The van der Waals surface area contributed by atoms with Gasteiger partial charge in [0.1, 0.15) is 5.75 Å². The van der Waals surface area contributed by atoms with Gasteiger partial charge in [-0.05, 0) is 47.6 Å². The zero-order valence-corrected chi connectivity index (χ0v) is 13.5. The number of nitrogens with one attached hydrogen (secondary N) is 1. The van der Waals surface area contributed by atoms with Crippen LogP contribution in [0.4, 0.5) is 0 Å². The van der Waals surface area contributed by atoms with Gasteiger partial charge in [0, 0.05) is 16.7 Å². The first-order valence-corrected chi connectivity index (χ1v) is 7.50. The molecule has 19 heavy (non-hydrogen) atoms. The molecular weight excluding hydrogens is 381 g/mol. The van der Waals surface area contributed by atoms with Gasteiger partial charge in [0.2, 0.25) is 0 Å². The van der Waals surface area contributed by atoms with Gasteiger partial charge in [0.25, 0.3) is 5.91 Å². The van der Waals surface area contributed by atoms with Crippen LogP contribution in [-0.2, 0) is 4.74 Å². The van der Waals surface area contributed by atoms with E-state index in [0.29, 0.717) is 22.9 Å². The van der Waals surface area contributed by atoms with E-state index in [4.69, 9.17) is 21.1 Å². The van der Waals surface area contributed by atoms with Crippen LogP contribution in [0.15, 0.2) is 12.1 Å². The van der Waals surface area contributed by atoms with Crippen LogP contribution >= 0.6 is 34.2 Å². The Kier molecular flexibility index (Phi) is 5.29. The topological polar surface area (TPSA) is 47.6 Å². The number of carbonyl (C=O) groups excluding carboxylic acids is 1. The molecule has 1 atom stereocenters. The molecule has 1 aromatic rings. The molecule has 0 bridgehead atoms. The van der Waals surface area contributed by atoms with Crippen LogP contribution in [0.25, 0.3) is 0 Å². The van der Waals surface area contributed by atoms with Crippen LogP contribution in [0.3, 0.4) is 0 Å². The van der Waals surface area contributed by atoms with E-state index in [-0.39, 0.29) is 12.0 Å². The van der Waals surface area contributed by atoms with Crippen molar-refractivity contribution in [2.24, 2.45) is 0 Å². The minimum atomic E-state index is -0.189. The summed E-state index contributed by atoms with van der Waals surface area (Å²) in [6.45, 7) is 1.30. The lowest BCUT2D eigenvalue weighted by atomic mass is 10.1. The fourth-order valence-electron chi connectivity index (χ4n) is 1.98. The molecule has 1 fully saturated rings. The molecule has 104 valence electrons. The van der Waals surface area contributed by atoms with Gasteiger partial charge in [-0.2, -0.15) is 0 Å². The molecule has 1 N–H and O–H groups in total. The summed E-state index contributed by atoms with van der Waals surface area (Å²) in [5, 5.41) is 3.40. The molecule has 4 nitrogen and oxygen atoms in total. The first-order chi connectivity index (χ1) is 9.11. The van der Waals surface area contributed by atoms with Crippen molar-refractivity contribution in [2.75, 3.05) is 20.3 Å². The number of hydrogen-bond acceptors (Lipinski definition) is 3. The number of methoxy groups -OCH3 is 1. The molecule has 1 aliphatic rings. The predicted octanol–water partition coefficient (Wildman–Crippen LogP) is 2.86. The molecule has 0 unspecified atom stereocenters. The fourth-order valence-corrected chi connectivity index (χ4v) is 2.58. The highest BCUT2D eigenvalue weighted by atomic mass is 127. The molecule has 6 heteroatoms. The van der Waals surface area contributed by atoms with Crippen LogP contribution in [0.1, 0.15) is 23.2 Å². The van der Waals surface area contributed by atoms with E-state index < -0.39 is 0 Å². The van der Waals surface area contributed by atoms with E-state index in [1.807, 2.05) is 0 Å². The van der Waals surface area contributed by atoms with Crippen molar-refractivity contribution in [1.82, 2.24) is 5.32 Å². The average Bonchev–Trinajstić information content (AvgIpc) is 2.91. The first-order valence-electron chi connectivity index (χ1n) is 6.04. The lowest BCUT2D eigenvalue weighted by molar-refractivity contribution is 0.0855. The standard InChI is InChI=1S/C13H15ClINO3/c1-18-12-6-11(15)10(14)5-9(12)13(17)16-7-8-3-2-4-19-8/h5-6,8H,2-4,7H2,1H3,(H,16,17)/t8-/m1/s1. The van der Waals surface area contributed by atoms with Crippen molar-refractivity contribution in [3.05, 3.63) is 26.3 Å². The Morgan fingerprint density at radius 3 is 3.05 bits per heavy atom. The molecule has 1 aliphatic heterocycles. The summed E-state index contributed by atoms with van der Waals surface area (Å²) < 4.78 is 11.5. The molecular formula is C13H15ClINO3. The minimum Gasteiger partial charge on any atom is -0.496 e. The number of halogens is 2. The van der Waals surface area contributed by atoms with Crippen LogP contribution in [-0.4, -0.2) is 32.3 Å².